The normalized spacial score (nSPS) is 16.2. The first-order valence-electron chi connectivity index (χ1n) is 11.5. The molecule has 0 radical (unpaired) electrons. The van der Waals surface area contributed by atoms with E-state index in [0.717, 1.165) is 42.6 Å². The number of aliphatic hydroxyl groups is 1. The average Bonchev–Trinajstić information content (AvgIpc) is 3.28. The summed E-state index contributed by atoms with van der Waals surface area (Å²) in [5.41, 5.74) is 3.97. The summed E-state index contributed by atoms with van der Waals surface area (Å²) in [5, 5.41) is 9.19. The van der Waals surface area contributed by atoms with Crippen LogP contribution >= 0.6 is 0 Å². The Bertz CT molecular complexity index is 1300. The second kappa shape index (κ2) is 9.69. The topological polar surface area (TPSA) is 83.6 Å². The highest BCUT2D eigenvalue weighted by Crippen LogP contribution is 2.23. The second-order valence-electron chi connectivity index (χ2n) is 8.79. The Kier molecular flexibility index (Phi) is 6.31. The maximum atomic E-state index is 13.7. The van der Waals surface area contributed by atoms with Gasteiger partial charge in [0.2, 0.25) is 5.91 Å². The number of likely N-dealkylation sites (tertiary alicyclic amines) is 1. The summed E-state index contributed by atoms with van der Waals surface area (Å²) in [4.78, 5) is 28.3. The number of carbonyl (C=O) groups excluding carboxylic acids is 1. The van der Waals surface area contributed by atoms with Gasteiger partial charge in [-0.3, -0.25) is 9.20 Å². The third-order valence-corrected chi connectivity index (χ3v) is 6.34. The van der Waals surface area contributed by atoms with Gasteiger partial charge in [-0.2, -0.15) is 0 Å². The van der Waals surface area contributed by atoms with E-state index in [1.807, 2.05) is 35.2 Å². The van der Waals surface area contributed by atoms with Crippen molar-refractivity contribution < 1.29 is 14.3 Å². The third kappa shape index (κ3) is 4.82. The lowest BCUT2D eigenvalue weighted by Gasteiger charge is -2.33. The lowest BCUT2D eigenvalue weighted by atomic mass is 9.93. The molecule has 3 aromatic heterocycles. The Morgan fingerprint density at radius 1 is 1.09 bits per heavy atom. The fourth-order valence-electron chi connectivity index (χ4n) is 4.56. The number of imidazole rings is 1. The van der Waals surface area contributed by atoms with Crippen molar-refractivity contribution >= 4 is 11.6 Å². The number of benzene rings is 1. The number of carbonyl (C=O) groups is 1. The van der Waals surface area contributed by atoms with Crippen LogP contribution in [0.4, 0.5) is 4.39 Å². The summed E-state index contributed by atoms with van der Waals surface area (Å²) in [5.74, 6) is 0.597. The fourth-order valence-corrected chi connectivity index (χ4v) is 4.56. The molecule has 4 aromatic rings. The lowest BCUT2D eigenvalue weighted by Crippen LogP contribution is -2.41. The molecule has 0 unspecified atom stereocenters. The van der Waals surface area contributed by atoms with Crippen molar-refractivity contribution in [2.75, 3.05) is 13.1 Å². The van der Waals surface area contributed by atoms with E-state index in [1.54, 1.807) is 22.9 Å². The number of halogens is 1. The number of hydrogen-bond donors (Lipinski definition) is 1. The Morgan fingerprint density at radius 2 is 1.91 bits per heavy atom. The molecule has 8 heteroatoms. The smallest absolute Gasteiger partial charge is 0.226 e. The highest BCUT2D eigenvalue weighted by atomic mass is 19.1. The minimum atomic E-state index is -0.348. The first-order valence-corrected chi connectivity index (χ1v) is 11.5. The van der Waals surface area contributed by atoms with Crippen LogP contribution in [0.25, 0.3) is 17.2 Å². The zero-order valence-electron chi connectivity index (χ0n) is 18.8. The summed E-state index contributed by atoms with van der Waals surface area (Å²) in [6.07, 6.45) is 7.87. The zero-order chi connectivity index (χ0) is 23.5. The van der Waals surface area contributed by atoms with E-state index >= 15 is 0 Å². The van der Waals surface area contributed by atoms with Gasteiger partial charge in [-0.25, -0.2) is 19.3 Å². The summed E-state index contributed by atoms with van der Waals surface area (Å²) in [7, 11) is 0. The van der Waals surface area contributed by atoms with E-state index < -0.39 is 0 Å². The first kappa shape index (κ1) is 22.2. The molecule has 34 heavy (non-hydrogen) atoms. The number of pyridine rings is 1. The van der Waals surface area contributed by atoms with E-state index in [9.17, 15) is 14.3 Å². The van der Waals surface area contributed by atoms with Crippen LogP contribution in [0.3, 0.4) is 0 Å². The highest BCUT2D eigenvalue weighted by molar-refractivity contribution is 5.78. The quantitative estimate of drug-likeness (QED) is 0.478. The summed E-state index contributed by atoms with van der Waals surface area (Å²) in [6.45, 7) is 1.47. The van der Waals surface area contributed by atoms with Crippen molar-refractivity contribution in [1.29, 1.82) is 0 Å². The van der Waals surface area contributed by atoms with Crippen molar-refractivity contribution in [2.45, 2.75) is 32.3 Å². The molecule has 0 saturated carbocycles. The van der Waals surface area contributed by atoms with E-state index in [-0.39, 0.29) is 18.3 Å². The molecule has 1 aliphatic rings. The van der Waals surface area contributed by atoms with Gasteiger partial charge in [0.15, 0.2) is 5.82 Å². The van der Waals surface area contributed by atoms with Crippen LogP contribution in [0.1, 0.15) is 29.7 Å². The highest BCUT2D eigenvalue weighted by Gasteiger charge is 2.24. The molecule has 1 saturated heterocycles. The van der Waals surface area contributed by atoms with Gasteiger partial charge in [-0.15, -0.1) is 0 Å². The Hall–Kier alpha value is -3.65. The number of amides is 1. The molecule has 1 atom stereocenters. The number of aliphatic hydroxyl groups excluding tert-OH is 1. The molecule has 0 spiro atoms. The van der Waals surface area contributed by atoms with Gasteiger partial charge in [0.25, 0.3) is 0 Å². The molecular formula is C26H26FN5O2. The van der Waals surface area contributed by atoms with Gasteiger partial charge >= 0.3 is 0 Å². The van der Waals surface area contributed by atoms with Crippen LogP contribution in [0.15, 0.2) is 61.1 Å². The number of aromatic nitrogens is 4. The molecule has 7 nitrogen and oxygen atoms in total. The van der Waals surface area contributed by atoms with Gasteiger partial charge < -0.3 is 10.0 Å². The number of piperidine rings is 1. The van der Waals surface area contributed by atoms with Crippen molar-refractivity contribution in [3.05, 3.63) is 83.7 Å². The molecule has 1 aromatic carbocycles. The molecule has 4 heterocycles. The fraction of sp³-hybridized carbons (Fsp3) is 0.308. The molecule has 0 aliphatic carbocycles. The van der Waals surface area contributed by atoms with E-state index in [1.165, 1.54) is 12.3 Å². The lowest BCUT2D eigenvalue weighted by molar-refractivity contribution is -0.132. The van der Waals surface area contributed by atoms with Crippen LogP contribution in [-0.4, -0.2) is 48.4 Å². The van der Waals surface area contributed by atoms with Crippen LogP contribution in [0.2, 0.25) is 0 Å². The predicted molar refractivity (Wildman–Crippen MR) is 125 cm³/mol. The molecule has 1 fully saturated rings. The largest absolute Gasteiger partial charge is 0.392 e. The first-order chi connectivity index (χ1) is 16.6. The predicted octanol–water partition coefficient (Wildman–Crippen LogP) is 3.45. The van der Waals surface area contributed by atoms with Gasteiger partial charge in [0, 0.05) is 31.2 Å². The Balaban J connectivity index is 1.26. The van der Waals surface area contributed by atoms with E-state index in [4.69, 9.17) is 4.98 Å². The molecule has 1 amide bonds. The van der Waals surface area contributed by atoms with Crippen LogP contribution < -0.4 is 0 Å². The SMILES string of the molecule is O=C(Cc1ccc(CO)cc1)N1CCC[C@@H](Cc2ccnc(-c3cnc4ccc(F)cn34)n2)C1. The average molecular weight is 460 g/mol. The van der Waals surface area contributed by atoms with Crippen LogP contribution in [0.5, 0.6) is 0 Å². The summed E-state index contributed by atoms with van der Waals surface area (Å²) >= 11 is 0. The van der Waals surface area contributed by atoms with Gasteiger partial charge in [0.05, 0.1) is 19.2 Å². The van der Waals surface area contributed by atoms with Gasteiger partial charge in [-0.05, 0) is 54.5 Å². The van der Waals surface area contributed by atoms with E-state index in [2.05, 4.69) is 9.97 Å². The maximum Gasteiger partial charge on any atom is 0.226 e. The van der Waals surface area contributed by atoms with Gasteiger partial charge in [-0.1, -0.05) is 24.3 Å². The van der Waals surface area contributed by atoms with Crippen molar-refractivity contribution in [1.82, 2.24) is 24.3 Å². The van der Waals surface area contributed by atoms with Crippen LogP contribution in [-0.2, 0) is 24.2 Å². The maximum absolute atomic E-state index is 13.7. The van der Waals surface area contributed by atoms with Crippen molar-refractivity contribution in [3.63, 3.8) is 0 Å². The number of hydrogen-bond acceptors (Lipinski definition) is 5. The molecule has 5 rings (SSSR count). The second-order valence-corrected chi connectivity index (χ2v) is 8.79. The van der Waals surface area contributed by atoms with E-state index in [0.29, 0.717) is 36.0 Å². The minimum absolute atomic E-state index is 0.000919. The van der Waals surface area contributed by atoms with Crippen molar-refractivity contribution in [3.8, 4) is 11.5 Å². The Morgan fingerprint density at radius 3 is 2.74 bits per heavy atom. The molecule has 1 N–H and O–H groups in total. The standard InChI is InChI=1S/C26H26FN5O2/c27-21-7-8-24-29-14-23(32(24)16-21)26-28-10-9-22(30-26)12-20-2-1-11-31(15-20)25(34)13-18-3-5-19(17-33)6-4-18/h3-10,14,16,20,33H,1-2,11-13,15,17H2/t20-/m0/s1. The third-order valence-electron chi connectivity index (χ3n) is 6.34. The minimum Gasteiger partial charge on any atom is -0.392 e. The number of rotatable bonds is 6. The molecule has 0 bridgehead atoms. The summed E-state index contributed by atoms with van der Waals surface area (Å²) < 4.78 is 15.4. The van der Waals surface area contributed by atoms with Gasteiger partial charge in [0.1, 0.15) is 17.2 Å². The zero-order valence-corrected chi connectivity index (χ0v) is 18.8. The Labute approximate surface area is 196 Å². The number of nitrogens with zero attached hydrogens (tertiary/aromatic N) is 5. The van der Waals surface area contributed by atoms with Crippen molar-refractivity contribution in [2.24, 2.45) is 5.92 Å². The van der Waals surface area contributed by atoms with Crippen LogP contribution in [0, 0.1) is 11.7 Å². The number of fused-ring (bicyclic) bond motifs is 1. The molecule has 174 valence electrons. The molecular weight excluding hydrogens is 433 g/mol. The summed E-state index contributed by atoms with van der Waals surface area (Å²) in [6, 6.07) is 12.4. The monoisotopic (exact) mass is 459 g/mol. The molecule has 1 aliphatic heterocycles.